The maximum Gasteiger partial charge on any atom is 0.308 e. The second-order valence-electron chi connectivity index (χ2n) is 8.03. The van der Waals surface area contributed by atoms with Crippen LogP contribution in [0.5, 0.6) is 5.75 Å². The third-order valence-corrected chi connectivity index (χ3v) is 6.54. The SMILES string of the molecule is COc1ccc(C(C)=O)cc1Cn1c(C)c(C(=O)NCc2ccc(C(C)C)cc2)sc1=O. The number of ketones is 1. The number of Topliss-reactive ketones (excluding diaryl/α,β-unsaturated/α-hetero) is 1. The third kappa shape index (κ3) is 5.16. The lowest BCUT2D eigenvalue weighted by molar-refractivity contribution is 0.0952. The van der Waals surface area contributed by atoms with Crippen molar-refractivity contribution in [2.75, 3.05) is 7.11 Å². The Balaban J connectivity index is 1.78. The van der Waals surface area contributed by atoms with Crippen molar-refractivity contribution in [1.82, 2.24) is 9.88 Å². The molecular formula is C25H28N2O4S. The van der Waals surface area contributed by atoms with Crippen LogP contribution >= 0.6 is 11.3 Å². The molecule has 3 aromatic rings. The molecule has 168 valence electrons. The number of hydrogen-bond acceptors (Lipinski definition) is 5. The first-order chi connectivity index (χ1) is 15.2. The van der Waals surface area contributed by atoms with E-state index < -0.39 is 0 Å². The Kier molecular flexibility index (Phi) is 7.30. The summed E-state index contributed by atoms with van der Waals surface area (Å²) in [6.07, 6.45) is 0. The number of nitrogens with zero attached hydrogens (tertiary/aromatic N) is 1. The van der Waals surface area contributed by atoms with Crippen LogP contribution in [0.25, 0.3) is 0 Å². The highest BCUT2D eigenvalue weighted by atomic mass is 32.1. The maximum absolute atomic E-state index is 12.8. The first-order valence-electron chi connectivity index (χ1n) is 10.5. The van der Waals surface area contributed by atoms with E-state index in [4.69, 9.17) is 4.74 Å². The van der Waals surface area contributed by atoms with Gasteiger partial charge in [-0.15, -0.1) is 0 Å². The molecule has 0 fully saturated rings. The quantitative estimate of drug-likeness (QED) is 0.510. The summed E-state index contributed by atoms with van der Waals surface area (Å²) in [6.45, 7) is 8.13. The molecule has 0 radical (unpaired) electrons. The van der Waals surface area contributed by atoms with E-state index in [2.05, 4.69) is 31.3 Å². The average molecular weight is 453 g/mol. The zero-order valence-electron chi connectivity index (χ0n) is 19.0. The van der Waals surface area contributed by atoms with Gasteiger partial charge in [0, 0.05) is 23.4 Å². The normalized spacial score (nSPS) is 10.9. The van der Waals surface area contributed by atoms with Crippen LogP contribution in [0.15, 0.2) is 47.3 Å². The summed E-state index contributed by atoms with van der Waals surface area (Å²) in [5.74, 6) is 0.696. The molecule has 0 saturated heterocycles. The van der Waals surface area contributed by atoms with E-state index in [0.29, 0.717) is 39.9 Å². The number of amides is 1. The summed E-state index contributed by atoms with van der Waals surface area (Å²) in [5.41, 5.74) is 4.08. The summed E-state index contributed by atoms with van der Waals surface area (Å²) in [6, 6.07) is 13.3. The summed E-state index contributed by atoms with van der Waals surface area (Å²) in [4.78, 5) is 37.3. The Morgan fingerprint density at radius 3 is 2.41 bits per heavy atom. The molecule has 2 aromatic carbocycles. The number of benzene rings is 2. The number of thiazole rings is 1. The predicted octanol–water partition coefficient (Wildman–Crippen LogP) is 4.53. The van der Waals surface area contributed by atoms with Crippen molar-refractivity contribution >= 4 is 23.0 Å². The molecule has 3 rings (SSSR count). The van der Waals surface area contributed by atoms with E-state index in [9.17, 15) is 14.4 Å². The second kappa shape index (κ2) is 9.96. The molecule has 0 atom stereocenters. The van der Waals surface area contributed by atoms with E-state index >= 15 is 0 Å². The average Bonchev–Trinajstić information content (AvgIpc) is 3.06. The van der Waals surface area contributed by atoms with E-state index in [1.165, 1.54) is 12.5 Å². The summed E-state index contributed by atoms with van der Waals surface area (Å²) in [5, 5.41) is 2.91. The predicted molar refractivity (Wildman–Crippen MR) is 127 cm³/mol. The van der Waals surface area contributed by atoms with Crippen molar-refractivity contribution in [3.63, 3.8) is 0 Å². The molecule has 7 heteroatoms. The fraction of sp³-hybridized carbons (Fsp3) is 0.320. The molecule has 1 N–H and O–H groups in total. The lowest BCUT2D eigenvalue weighted by atomic mass is 10.0. The topological polar surface area (TPSA) is 77.4 Å². The lowest BCUT2D eigenvalue weighted by Crippen LogP contribution is -2.23. The number of ether oxygens (including phenoxy) is 1. The number of carbonyl (C=O) groups is 2. The summed E-state index contributed by atoms with van der Waals surface area (Å²) in [7, 11) is 1.54. The van der Waals surface area contributed by atoms with Gasteiger partial charge in [0.1, 0.15) is 10.6 Å². The second-order valence-corrected chi connectivity index (χ2v) is 8.99. The largest absolute Gasteiger partial charge is 0.496 e. The molecule has 0 bridgehead atoms. The van der Waals surface area contributed by atoms with Crippen LogP contribution in [0.2, 0.25) is 0 Å². The van der Waals surface area contributed by atoms with Crippen LogP contribution in [-0.4, -0.2) is 23.4 Å². The van der Waals surface area contributed by atoms with E-state index in [1.807, 2.05) is 12.1 Å². The monoisotopic (exact) mass is 452 g/mol. The van der Waals surface area contributed by atoms with Crippen LogP contribution in [-0.2, 0) is 13.1 Å². The molecule has 0 saturated carbocycles. The fourth-order valence-electron chi connectivity index (χ4n) is 3.44. The minimum atomic E-state index is -0.277. The molecule has 1 aromatic heterocycles. The number of carbonyl (C=O) groups excluding carboxylic acids is 2. The van der Waals surface area contributed by atoms with Crippen molar-refractivity contribution in [3.8, 4) is 5.75 Å². The summed E-state index contributed by atoms with van der Waals surface area (Å²) < 4.78 is 6.93. The fourth-order valence-corrected chi connectivity index (χ4v) is 4.35. The Morgan fingerprint density at radius 1 is 1.12 bits per heavy atom. The van der Waals surface area contributed by atoms with Gasteiger partial charge < -0.3 is 10.1 Å². The Hall–Kier alpha value is -3.19. The minimum Gasteiger partial charge on any atom is -0.496 e. The maximum atomic E-state index is 12.8. The molecular weight excluding hydrogens is 424 g/mol. The molecule has 0 aliphatic rings. The molecule has 0 aliphatic heterocycles. The van der Waals surface area contributed by atoms with Crippen LogP contribution < -0.4 is 14.9 Å². The number of methoxy groups -OCH3 is 1. The molecule has 0 unspecified atom stereocenters. The van der Waals surface area contributed by atoms with Gasteiger partial charge in [-0.2, -0.15) is 0 Å². The lowest BCUT2D eigenvalue weighted by Gasteiger charge is -2.12. The Bertz CT molecular complexity index is 1190. The van der Waals surface area contributed by atoms with Gasteiger partial charge in [-0.1, -0.05) is 49.4 Å². The highest BCUT2D eigenvalue weighted by Gasteiger charge is 2.19. The van der Waals surface area contributed by atoms with Gasteiger partial charge in [-0.05, 0) is 49.1 Å². The van der Waals surface area contributed by atoms with Crippen molar-refractivity contribution in [1.29, 1.82) is 0 Å². The van der Waals surface area contributed by atoms with E-state index in [0.717, 1.165) is 16.9 Å². The van der Waals surface area contributed by atoms with Crippen LogP contribution in [0.1, 0.15) is 69.1 Å². The third-order valence-electron chi connectivity index (χ3n) is 5.46. The number of nitrogens with one attached hydrogen (secondary N) is 1. The van der Waals surface area contributed by atoms with Gasteiger partial charge in [0.15, 0.2) is 5.78 Å². The highest BCUT2D eigenvalue weighted by molar-refractivity contribution is 7.11. The van der Waals surface area contributed by atoms with Gasteiger partial charge >= 0.3 is 4.87 Å². The molecule has 1 amide bonds. The zero-order valence-corrected chi connectivity index (χ0v) is 19.8. The van der Waals surface area contributed by atoms with Gasteiger partial charge in [0.05, 0.1) is 13.7 Å². The molecule has 0 spiro atoms. The first kappa shape index (κ1) is 23.5. The summed E-state index contributed by atoms with van der Waals surface area (Å²) >= 11 is 0.921. The van der Waals surface area contributed by atoms with Gasteiger partial charge in [-0.3, -0.25) is 19.0 Å². The van der Waals surface area contributed by atoms with Crippen molar-refractivity contribution < 1.29 is 14.3 Å². The van der Waals surface area contributed by atoms with Crippen molar-refractivity contribution in [3.05, 3.63) is 85.0 Å². The standard InChI is InChI=1S/C25H28N2O4S/c1-15(2)19-8-6-18(7-9-19)13-26-24(29)23-16(3)27(25(30)32-23)14-21-12-20(17(4)28)10-11-22(21)31-5/h6-12,15H,13-14H2,1-5H3,(H,26,29). The molecule has 6 nitrogen and oxygen atoms in total. The van der Waals surface area contributed by atoms with Crippen LogP contribution in [0.3, 0.4) is 0 Å². The van der Waals surface area contributed by atoms with Crippen LogP contribution in [0, 0.1) is 6.92 Å². The number of aromatic nitrogens is 1. The van der Waals surface area contributed by atoms with E-state index in [1.54, 1.807) is 36.8 Å². The molecule has 0 aliphatic carbocycles. The van der Waals surface area contributed by atoms with E-state index in [-0.39, 0.29) is 23.1 Å². The molecule has 32 heavy (non-hydrogen) atoms. The minimum absolute atomic E-state index is 0.0650. The first-order valence-corrected chi connectivity index (χ1v) is 11.3. The number of hydrogen-bond donors (Lipinski definition) is 1. The smallest absolute Gasteiger partial charge is 0.308 e. The van der Waals surface area contributed by atoms with Gasteiger partial charge in [0.25, 0.3) is 5.91 Å². The van der Waals surface area contributed by atoms with Crippen molar-refractivity contribution in [2.45, 2.75) is 46.7 Å². The van der Waals surface area contributed by atoms with Gasteiger partial charge in [0.2, 0.25) is 0 Å². The van der Waals surface area contributed by atoms with Crippen LogP contribution in [0.4, 0.5) is 0 Å². The highest BCUT2D eigenvalue weighted by Crippen LogP contribution is 2.23. The Labute approximate surface area is 191 Å². The van der Waals surface area contributed by atoms with Gasteiger partial charge in [-0.25, -0.2) is 0 Å². The molecule has 1 heterocycles. The number of rotatable bonds is 8. The zero-order chi connectivity index (χ0) is 23.4. The van der Waals surface area contributed by atoms with Crippen molar-refractivity contribution in [2.24, 2.45) is 0 Å². The Morgan fingerprint density at radius 2 is 1.81 bits per heavy atom.